The third kappa shape index (κ3) is 1.84. The molecule has 0 aliphatic rings. The summed E-state index contributed by atoms with van der Waals surface area (Å²) in [5.74, 6) is 0. The molecular formula is C14H12N2S. The molecule has 1 aromatic carbocycles. The van der Waals surface area contributed by atoms with Crippen molar-refractivity contribution in [1.29, 1.82) is 0 Å². The van der Waals surface area contributed by atoms with Crippen molar-refractivity contribution in [2.75, 3.05) is 0 Å². The van der Waals surface area contributed by atoms with E-state index in [0.29, 0.717) is 0 Å². The van der Waals surface area contributed by atoms with Gasteiger partial charge in [-0.05, 0) is 40.1 Å². The van der Waals surface area contributed by atoms with Crippen LogP contribution in [0, 0.1) is 0 Å². The Labute approximate surface area is 104 Å². The van der Waals surface area contributed by atoms with Gasteiger partial charge in [-0.25, -0.2) is 0 Å². The van der Waals surface area contributed by atoms with Crippen LogP contribution in [0.5, 0.6) is 0 Å². The van der Waals surface area contributed by atoms with Crippen molar-refractivity contribution in [3.63, 3.8) is 0 Å². The molecular weight excluding hydrogens is 228 g/mol. The van der Waals surface area contributed by atoms with E-state index in [-0.39, 0.29) is 6.04 Å². The van der Waals surface area contributed by atoms with Crippen molar-refractivity contribution in [3.05, 3.63) is 64.5 Å². The molecule has 0 spiro atoms. The normalized spacial score (nSPS) is 12.8. The standard InChI is InChI=1S/C14H12N2S/c15-14(10-6-8-17-9-10)12-3-1-5-13-11(12)4-2-7-16-13/h1-9,14H,15H2. The molecule has 0 aliphatic carbocycles. The predicted octanol–water partition coefficient (Wildman–Crippen LogP) is 3.34. The summed E-state index contributed by atoms with van der Waals surface area (Å²) in [5, 5.41) is 5.28. The van der Waals surface area contributed by atoms with E-state index in [1.54, 1.807) is 11.3 Å². The lowest BCUT2D eigenvalue weighted by molar-refractivity contribution is 0.886. The number of nitrogens with two attached hydrogens (primary N) is 1. The lowest BCUT2D eigenvalue weighted by Crippen LogP contribution is -2.11. The van der Waals surface area contributed by atoms with Gasteiger partial charge in [0.25, 0.3) is 0 Å². The molecule has 2 nitrogen and oxygen atoms in total. The fourth-order valence-corrected chi connectivity index (χ4v) is 2.73. The molecule has 0 saturated carbocycles. The highest BCUT2D eigenvalue weighted by atomic mass is 32.1. The molecule has 0 saturated heterocycles. The Hall–Kier alpha value is -1.71. The number of benzene rings is 1. The van der Waals surface area contributed by atoms with Crippen molar-refractivity contribution in [2.45, 2.75) is 6.04 Å². The summed E-state index contributed by atoms with van der Waals surface area (Å²) >= 11 is 1.67. The Morgan fingerprint density at radius 2 is 2.06 bits per heavy atom. The lowest BCUT2D eigenvalue weighted by Gasteiger charge is -2.13. The van der Waals surface area contributed by atoms with Crippen LogP contribution < -0.4 is 5.73 Å². The second-order valence-electron chi connectivity index (χ2n) is 3.95. The van der Waals surface area contributed by atoms with Gasteiger partial charge in [-0.15, -0.1) is 0 Å². The van der Waals surface area contributed by atoms with Crippen LogP contribution in [0.25, 0.3) is 10.9 Å². The molecule has 0 aliphatic heterocycles. The molecule has 3 rings (SSSR count). The lowest BCUT2D eigenvalue weighted by atomic mass is 9.98. The van der Waals surface area contributed by atoms with E-state index < -0.39 is 0 Å². The minimum atomic E-state index is -0.0749. The minimum absolute atomic E-state index is 0.0749. The first kappa shape index (κ1) is 10.4. The Balaban J connectivity index is 2.17. The van der Waals surface area contributed by atoms with E-state index in [1.807, 2.05) is 24.4 Å². The first-order chi connectivity index (χ1) is 8.36. The predicted molar refractivity (Wildman–Crippen MR) is 72.1 cm³/mol. The number of aromatic nitrogens is 1. The monoisotopic (exact) mass is 240 g/mol. The van der Waals surface area contributed by atoms with Crippen LogP contribution in [0.15, 0.2) is 53.4 Å². The van der Waals surface area contributed by atoms with Gasteiger partial charge in [0.15, 0.2) is 0 Å². The molecule has 1 atom stereocenters. The van der Waals surface area contributed by atoms with Crippen LogP contribution in [0.3, 0.4) is 0 Å². The van der Waals surface area contributed by atoms with Gasteiger partial charge in [0, 0.05) is 11.6 Å². The van der Waals surface area contributed by atoms with Crippen LogP contribution in [-0.4, -0.2) is 4.98 Å². The zero-order valence-electron chi connectivity index (χ0n) is 9.21. The van der Waals surface area contributed by atoms with Gasteiger partial charge in [0.1, 0.15) is 0 Å². The average Bonchev–Trinajstić information content (AvgIpc) is 2.91. The molecule has 84 valence electrons. The van der Waals surface area contributed by atoms with Gasteiger partial charge in [0.05, 0.1) is 11.6 Å². The van der Waals surface area contributed by atoms with Gasteiger partial charge in [-0.3, -0.25) is 4.98 Å². The quantitative estimate of drug-likeness (QED) is 0.746. The van der Waals surface area contributed by atoms with Crippen molar-refractivity contribution in [3.8, 4) is 0 Å². The highest BCUT2D eigenvalue weighted by Crippen LogP contribution is 2.27. The fourth-order valence-electron chi connectivity index (χ4n) is 2.03. The van der Waals surface area contributed by atoms with Crippen molar-refractivity contribution < 1.29 is 0 Å². The molecule has 2 N–H and O–H groups in total. The summed E-state index contributed by atoms with van der Waals surface area (Å²) in [7, 11) is 0. The van der Waals surface area contributed by atoms with E-state index >= 15 is 0 Å². The van der Waals surface area contributed by atoms with E-state index in [1.165, 1.54) is 0 Å². The molecule has 2 aromatic heterocycles. The number of fused-ring (bicyclic) bond motifs is 1. The highest BCUT2D eigenvalue weighted by Gasteiger charge is 2.12. The molecule has 2 heterocycles. The maximum atomic E-state index is 6.31. The van der Waals surface area contributed by atoms with Gasteiger partial charge in [0.2, 0.25) is 0 Å². The van der Waals surface area contributed by atoms with E-state index in [4.69, 9.17) is 5.73 Å². The van der Waals surface area contributed by atoms with Gasteiger partial charge in [-0.2, -0.15) is 11.3 Å². The second-order valence-corrected chi connectivity index (χ2v) is 4.73. The van der Waals surface area contributed by atoms with E-state index in [9.17, 15) is 0 Å². The van der Waals surface area contributed by atoms with Crippen LogP contribution >= 0.6 is 11.3 Å². The van der Waals surface area contributed by atoms with Crippen LogP contribution in [0.1, 0.15) is 17.2 Å². The summed E-state index contributed by atoms with van der Waals surface area (Å²) < 4.78 is 0. The second kappa shape index (κ2) is 4.28. The van der Waals surface area contributed by atoms with Gasteiger partial charge >= 0.3 is 0 Å². The van der Waals surface area contributed by atoms with E-state index in [0.717, 1.165) is 22.0 Å². The average molecular weight is 240 g/mol. The molecule has 0 radical (unpaired) electrons. The molecule has 1 unspecified atom stereocenters. The highest BCUT2D eigenvalue weighted by molar-refractivity contribution is 7.08. The third-order valence-corrected chi connectivity index (χ3v) is 3.62. The largest absolute Gasteiger partial charge is 0.320 e. The fraction of sp³-hybridized carbons (Fsp3) is 0.0714. The number of thiophene rings is 1. The maximum Gasteiger partial charge on any atom is 0.0705 e. The first-order valence-corrected chi connectivity index (χ1v) is 6.42. The minimum Gasteiger partial charge on any atom is -0.320 e. The van der Waals surface area contributed by atoms with E-state index in [2.05, 4.69) is 33.9 Å². The Morgan fingerprint density at radius 3 is 2.88 bits per heavy atom. The number of nitrogens with zero attached hydrogens (tertiary/aromatic N) is 1. The van der Waals surface area contributed by atoms with Crippen LogP contribution in [0.2, 0.25) is 0 Å². The topological polar surface area (TPSA) is 38.9 Å². The summed E-state index contributed by atoms with van der Waals surface area (Å²) in [4.78, 5) is 4.35. The summed E-state index contributed by atoms with van der Waals surface area (Å²) in [6, 6.07) is 12.1. The molecule has 17 heavy (non-hydrogen) atoms. The number of hydrogen-bond donors (Lipinski definition) is 1. The van der Waals surface area contributed by atoms with Gasteiger partial charge in [-0.1, -0.05) is 18.2 Å². The number of hydrogen-bond acceptors (Lipinski definition) is 3. The Kier molecular flexibility index (Phi) is 2.63. The van der Waals surface area contributed by atoms with Crippen molar-refractivity contribution in [1.82, 2.24) is 4.98 Å². The molecule has 0 amide bonds. The first-order valence-electron chi connectivity index (χ1n) is 5.47. The summed E-state index contributed by atoms with van der Waals surface area (Å²) in [6.07, 6.45) is 1.81. The number of pyridine rings is 1. The summed E-state index contributed by atoms with van der Waals surface area (Å²) in [6.45, 7) is 0. The summed E-state index contributed by atoms with van der Waals surface area (Å²) in [5.41, 5.74) is 9.59. The molecule has 3 heteroatoms. The maximum absolute atomic E-state index is 6.31. The third-order valence-electron chi connectivity index (χ3n) is 2.92. The van der Waals surface area contributed by atoms with Crippen LogP contribution in [-0.2, 0) is 0 Å². The Bertz CT molecular complexity index is 626. The zero-order chi connectivity index (χ0) is 11.7. The molecule has 0 bridgehead atoms. The number of rotatable bonds is 2. The van der Waals surface area contributed by atoms with Crippen LogP contribution in [0.4, 0.5) is 0 Å². The smallest absolute Gasteiger partial charge is 0.0705 e. The SMILES string of the molecule is NC(c1ccsc1)c1cccc2ncccc12. The molecule has 3 aromatic rings. The molecule has 0 fully saturated rings. The van der Waals surface area contributed by atoms with Crippen molar-refractivity contribution >= 4 is 22.2 Å². The zero-order valence-corrected chi connectivity index (χ0v) is 10.0. The Morgan fingerprint density at radius 1 is 1.12 bits per heavy atom. The van der Waals surface area contributed by atoms with Gasteiger partial charge < -0.3 is 5.73 Å². The van der Waals surface area contributed by atoms with Crippen molar-refractivity contribution in [2.24, 2.45) is 5.73 Å².